The molecular formula is C16H16BrFO2. The molecule has 0 aliphatic rings. The predicted octanol–water partition coefficient (Wildman–Crippen LogP) is 4.64. The Morgan fingerprint density at radius 3 is 2.25 bits per heavy atom. The van der Waals surface area contributed by atoms with E-state index in [2.05, 4.69) is 15.9 Å². The maximum absolute atomic E-state index is 13.5. The van der Waals surface area contributed by atoms with Gasteiger partial charge in [-0.2, -0.15) is 0 Å². The van der Waals surface area contributed by atoms with Crippen LogP contribution in [0.3, 0.4) is 0 Å². The van der Waals surface area contributed by atoms with Crippen molar-refractivity contribution in [2.75, 3.05) is 14.2 Å². The van der Waals surface area contributed by atoms with Gasteiger partial charge in [0.2, 0.25) is 0 Å². The fraction of sp³-hybridized carbons (Fsp3) is 0.250. The van der Waals surface area contributed by atoms with Gasteiger partial charge in [-0.3, -0.25) is 0 Å². The lowest BCUT2D eigenvalue weighted by Crippen LogP contribution is -1.97. The van der Waals surface area contributed by atoms with Crippen LogP contribution in [-0.2, 0) is 0 Å². The summed E-state index contributed by atoms with van der Waals surface area (Å²) in [6, 6.07) is 10.7. The molecular weight excluding hydrogens is 323 g/mol. The second-order valence-electron chi connectivity index (χ2n) is 4.54. The Labute approximate surface area is 126 Å². The number of rotatable bonds is 4. The molecule has 2 nitrogen and oxygen atoms in total. The topological polar surface area (TPSA) is 18.5 Å². The second kappa shape index (κ2) is 6.27. The van der Waals surface area contributed by atoms with Gasteiger partial charge in [-0.05, 0) is 47.9 Å². The van der Waals surface area contributed by atoms with E-state index in [9.17, 15) is 4.39 Å². The van der Waals surface area contributed by atoms with Crippen LogP contribution in [0.2, 0.25) is 0 Å². The number of hydrogen-bond donors (Lipinski definition) is 0. The molecule has 2 aromatic carbocycles. The second-order valence-corrected chi connectivity index (χ2v) is 5.45. The highest BCUT2D eigenvalue weighted by Crippen LogP contribution is 2.36. The first-order chi connectivity index (χ1) is 9.55. The Kier molecular flexibility index (Phi) is 4.65. The first kappa shape index (κ1) is 14.9. The molecule has 1 unspecified atom stereocenters. The average molecular weight is 339 g/mol. The summed E-state index contributed by atoms with van der Waals surface area (Å²) < 4.78 is 24.0. The average Bonchev–Trinajstić information content (AvgIpc) is 2.44. The van der Waals surface area contributed by atoms with Gasteiger partial charge in [0.05, 0.1) is 19.0 Å². The van der Waals surface area contributed by atoms with E-state index in [0.717, 1.165) is 16.7 Å². The smallest absolute Gasteiger partial charge is 0.161 e. The van der Waals surface area contributed by atoms with Crippen molar-refractivity contribution < 1.29 is 13.9 Å². The summed E-state index contributed by atoms with van der Waals surface area (Å²) in [5.41, 5.74) is 2.74. The van der Waals surface area contributed by atoms with Gasteiger partial charge in [0.1, 0.15) is 5.82 Å². The Hall–Kier alpha value is -1.55. The van der Waals surface area contributed by atoms with Crippen LogP contribution in [-0.4, -0.2) is 14.2 Å². The highest BCUT2D eigenvalue weighted by atomic mass is 79.9. The zero-order chi connectivity index (χ0) is 14.7. The number of alkyl halides is 1. The molecule has 0 aliphatic carbocycles. The normalized spacial score (nSPS) is 12.1. The maximum atomic E-state index is 13.5. The SMILES string of the molecule is COc1ccc(C(Br)c2cc(C)cc(F)c2)cc1OC. The lowest BCUT2D eigenvalue weighted by Gasteiger charge is -2.14. The molecule has 0 aliphatic heterocycles. The Morgan fingerprint density at radius 2 is 1.65 bits per heavy atom. The third-order valence-electron chi connectivity index (χ3n) is 3.06. The molecule has 2 rings (SSSR count). The highest BCUT2D eigenvalue weighted by molar-refractivity contribution is 9.09. The molecule has 0 radical (unpaired) electrons. The Morgan fingerprint density at radius 1 is 0.950 bits per heavy atom. The van der Waals surface area contributed by atoms with Gasteiger partial charge >= 0.3 is 0 Å². The van der Waals surface area contributed by atoms with E-state index in [4.69, 9.17) is 9.47 Å². The van der Waals surface area contributed by atoms with Crippen LogP contribution >= 0.6 is 15.9 Å². The summed E-state index contributed by atoms with van der Waals surface area (Å²) in [5.74, 6) is 1.10. The third-order valence-corrected chi connectivity index (χ3v) is 4.11. The van der Waals surface area contributed by atoms with E-state index in [0.29, 0.717) is 11.5 Å². The molecule has 0 saturated carbocycles. The summed E-state index contributed by atoms with van der Waals surface area (Å²) in [7, 11) is 3.19. The Balaban J connectivity index is 2.39. The standard InChI is InChI=1S/C16H16BrFO2/c1-10-6-12(8-13(18)7-10)16(17)11-4-5-14(19-2)15(9-11)20-3/h4-9,16H,1-3H3. The number of hydrogen-bond acceptors (Lipinski definition) is 2. The van der Waals surface area contributed by atoms with Crippen LogP contribution in [0.25, 0.3) is 0 Å². The van der Waals surface area contributed by atoms with Gasteiger partial charge < -0.3 is 9.47 Å². The molecule has 106 valence electrons. The van der Waals surface area contributed by atoms with Crippen LogP contribution in [0.5, 0.6) is 11.5 Å². The number of methoxy groups -OCH3 is 2. The highest BCUT2D eigenvalue weighted by Gasteiger charge is 2.14. The molecule has 4 heteroatoms. The largest absolute Gasteiger partial charge is 0.493 e. The fourth-order valence-corrected chi connectivity index (χ4v) is 2.66. The summed E-state index contributed by atoms with van der Waals surface area (Å²) in [4.78, 5) is -0.100. The van der Waals surface area contributed by atoms with E-state index < -0.39 is 0 Å². The van der Waals surface area contributed by atoms with Gasteiger partial charge in [0.25, 0.3) is 0 Å². The van der Waals surface area contributed by atoms with Crippen LogP contribution in [0.15, 0.2) is 36.4 Å². The number of ether oxygens (including phenoxy) is 2. The zero-order valence-corrected chi connectivity index (χ0v) is 13.2. The van der Waals surface area contributed by atoms with Gasteiger partial charge in [0, 0.05) is 0 Å². The van der Waals surface area contributed by atoms with Crippen LogP contribution in [0, 0.1) is 12.7 Å². The monoisotopic (exact) mass is 338 g/mol. The molecule has 0 N–H and O–H groups in total. The van der Waals surface area contributed by atoms with E-state index in [-0.39, 0.29) is 10.6 Å². The fourth-order valence-electron chi connectivity index (χ4n) is 2.11. The molecule has 0 saturated heterocycles. The van der Waals surface area contributed by atoms with Crippen molar-refractivity contribution in [1.29, 1.82) is 0 Å². The summed E-state index contributed by atoms with van der Waals surface area (Å²) >= 11 is 3.61. The summed E-state index contributed by atoms with van der Waals surface area (Å²) in [6.07, 6.45) is 0. The summed E-state index contributed by atoms with van der Waals surface area (Å²) in [6.45, 7) is 1.88. The first-order valence-corrected chi connectivity index (χ1v) is 7.10. The van der Waals surface area contributed by atoms with Crippen molar-refractivity contribution >= 4 is 15.9 Å². The van der Waals surface area contributed by atoms with Crippen molar-refractivity contribution in [3.8, 4) is 11.5 Å². The minimum absolute atomic E-state index is 0.100. The van der Waals surface area contributed by atoms with Crippen molar-refractivity contribution in [2.24, 2.45) is 0 Å². The van der Waals surface area contributed by atoms with Crippen molar-refractivity contribution in [2.45, 2.75) is 11.8 Å². The van der Waals surface area contributed by atoms with Crippen molar-refractivity contribution in [1.82, 2.24) is 0 Å². The molecule has 0 spiro atoms. The van der Waals surface area contributed by atoms with Gasteiger partial charge in [-0.25, -0.2) is 4.39 Å². The minimum atomic E-state index is -0.232. The third kappa shape index (κ3) is 3.12. The van der Waals surface area contributed by atoms with Crippen LogP contribution in [0.1, 0.15) is 21.5 Å². The predicted molar refractivity (Wildman–Crippen MR) is 81.5 cm³/mol. The first-order valence-electron chi connectivity index (χ1n) is 6.18. The minimum Gasteiger partial charge on any atom is -0.493 e. The lowest BCUT2D eigenvalue weighted by molar-refractivity contribution is 0.354. The van der Waals surface area contributed by atoms with Crippen molar-refractivity contribution in [3.63, 3.8) is 0 Å². The van der Waals surface area contributed by atoms with Crippen molar-refractivity contribution in [3.05, 3.63) is 58.9 Å². The van der Waals surface area contributed by atoms with Crippen LogP contribution in [0.4, 0.5) is 4.39 Å². The number of halogens is 2. The van der Waals surface area contributed by atoms with E-state index in [1.54, 1.807) is 14.2 Å². The van der Waals surface area contributed by atoms with E-state index in [1.165, 1.54) is 12.1 Å². The number of aryl methyl sites for hydroxylation is 1. The molecule has 1 atom stereocenters. The molecule has 2 aromatic rings. The lowest BCUT2D eigenvalue weighted by atomic mass is 10.0. The molecule has 0 fully saturated rings. The van der Waals surface area contributed by atoms with Gasteiger partial charge in [-0.15, -0.1) is 0 Å². The van der Waals surface area contributed by atoms with E-state index in [1.807, 2.05) is 31.2 Å². The summed E-state index contributed by atoms with van der Waals surface area (Å²) in [5, 5.41) is 0. The maximum Gasteiger partial charge on any atom is 0.161 e. The van der Waals surface area contributed by atoms with Gasteiger partial charge in [-0.1, -0.05) is 28.1 Å². The zero-order valence-electron chi connectivity index (χ0n) is 11.6. The van der Waals surface area contributed by atoms with Gasteiger partial charge in [0.15, 0.2) is 11.5 Å². The molecule has 0 heterocycles. The quantitative estimate of drug-likeness (QED) is 0.756. The molecule has 20 heavy (non-hydrogen) atoms. The van der Waals surface area contributed by atoms with E-state index >= 15 is 0 Å². The molecule has 0 bridgehead atoms. The molecule has 0 amide bonds. The van der Waals surface area contributed by atoms with Crippen LogP contribution < -0.4 is 9.47 Å². The Bertz CT molecular complexity index is 593. The number of benzene rings is 2. The molecule has 0 aromatic heterocycles.